The summed E-state index contributed by atoms with van der Waals surface area (Å²) in [5.41, 5.74) is 2.76. The second-order valence-electron chi connectivity index (χ2n) is 7.59. The molecule has 1 fully saturated rings. The summed E-state index contributed by atoms with van der Waals surface area (Å²) < 4.78 is 1.86. The molecule has 1 aliphatic rings. The van der Waals surface area contributed by atoms with Crippen LogP contribution in [0.25, 0.3) is 0 Å². The van der Waals surface area contributed by atoms with Crippen molar-refractivity contribution in [3.8, 4) is 0 Å². The van der Waals surface area contributed by atoms with Crippen LogP contribution < -0.4 is 5.32 Å². The summed E-state index contributed by atoms with van der Waals surface area (Å²) in [6, 6.07) is 11.0. The minimum atomic E-state index is 0. The number of hydrogen-bond donors (Lipinski definition) is 1. The van der Waals surface area contributed by atoms with E-state index in [2.05, 4.69) is 65.7 Å². The standard InChI is InChI=1S/C22H33N5.HI/c1-4-23-22(24-13-8-9-19-15-25-26(3)17-19)27-14-12-21(18(2)16-27)20-10-6-5-7-11-20;/h5-7,10-11,15,17-18,21H,4,8-9,12-14,16H2,1-3H3,(H,23,24);1H. The number of hydrogen-bond acceptors (Lipinski definition) is 2. The van der Waals surface area contributed by atoms with Crippen molar-refractivity contribution in [2.75, 3.05) is 26.2 Å². The summed E-state index contributed by atoms with van der Waals surface area (Å²) in [4.78, 5) is 7.34. The van der Waals surface area contributed by atoms with Crippen molar-refractivity contribution in [1.82, 2.24) is 20.0 Å². The summed E-state index contributed by atoms with van der Waals surface area (Å²) in [6.07, 6.45) is 7.31. The van der Waals surface area contributed by atoms with Gasteiger partial charge in [-0.2, -0.15) is 5.10 Å². The Labute approximate surface area is 186 Å². The van der Waals surface area contributed by atoms with Gasteiger partial charge < -0.3 is 10.2 Å². The van der Waals surface area contributed by atoms with Crippen LogP contribution in [-0.2, 0) is 13.5 Å². The Kier molecular flexibility index (Phi) is 9.28. The van der Waals surface area contributed by atoms with Gasteiger partial charge in [0.25, 0.3) is 0 Å². The van der Waals surface area contributed by atoms with Gasteiger partial charge in [0, 0.05) is 39.4 Å². The molecule has 6 heteroatoms. The van der Waals surface area contributed by atoms with E-state index in [1.165, 1.54) is 17.5 Å². The van der Waals surface area contributed by atoms with E-state index in [1.54, 1.807) is 0 Å². The summed E-state index contributed by atoms with van der Waals surface area (Å²) in [5, 5.41) is 7.72. The monoisotopic (exact) mass is 495 g/mol. The van der Waals surface area contributed by atoms with Gasteiger partial charge in [-0.3, -0.25) is 9.67 Å². The number of piperidine rings is 1. The molecule has 0 radical (unpaired) electrons. The normalized spacial score (nSPS) is 20.0. The van der Waals surface area contributed by atoms with Gasteiger partial charge in [0.15, 0.2) is 5.96 Å². The molecule has 1 saturated heterocycles. The van der Waals surface area contributed by atoms with Crippen molar-refractivity contribution in [3.63, 3.8) is 0 Å². The van der Waals surface area contributed by atoms with E-state index in [0.29, 0.717) is 11.8 Å². The zero-order valence-electron chi connectivity index (χ0n) is 17.3. The van der Waals surface area contributed by atoms with Crippen molar-refractivity contribution in [2.45, 2.75) is 39.0 Å². The van der Waals surface area contributed by atoms with Gasteiger partial charge in [-0.1, -0.05) is 37.3 Å². The predicted molar refractivity (Wildman–Crippen MR) is 127 cm³/mol. The number of halogens is 1. The summed E-state index contributed by atoms with van der Waals surface area (Å²) >= 11 is 0. The third-order valence-electron chi connectivity index (χ3n) is 5.41. The Hall–Kier alpha value is -1.57. The first-order valence-electron chi connectivity index (χ1n) is 10.2. The van der Waals surface area contributed by atoms with Crippen molar-refractivity contribution < 1.29 is 0 Å². The Morgan fingerprint density at radius 3 is 2.71 bits per heavy atom. The number of rotatable bonds is 6. The van der Waals surface area contributed by atoms with Crippen LogP contribution in [0.15, 0.2) is 47.7 Å². The molecule has 2 aromatic rings. The van der Waals surface area contributed by atoms with E-state index >= 15 is 0 Å². The van der Waals surface area contributed by atoms with Gasteiger partial charge in [-0.15, -0.1) is 24.0 Å². The smallest absolute Gasteiger partial charge is 0.193 e. The molecular formula is C22H34IN5. The molecule has 2 heterocycles. The van der Waals surface area contributed by atoms with E-state index in [4.69, 9.17) is 4.99 Å². The number of nitrogens with one attached hydrogen (secondary N) is 1. The Bertz CT molecular complexity index is 728. The number of aryl methyl sites for hydroxylation is 2. The Morgan fingerprint density at radius 1 is 1.29 bits per heavy atom. The zero-order valence-corrected chi connectivity index (χ0v) is 19.7. The maximum Gasteiger partial charge on any atom is 0.193 e. The fraction of sp³-hybridized carbons (Fsp3) is 0.545. The summed E-state index contributed by atoms with van der Waals surface area (Å²) in [5.74, 6) is 2.35. The van der Waals surface area contributed by atoms with Crippen molar-refractivity contribution in [3.05, 3.63) is 53.9 Å². The largest absolute Gasteiger partial charge is 0.357 e. The molecule has 2 unspecified atom stereocenters. The molecule has 1 aliphatic heterocycles. The summed E-state index contributed by atoms with van der Waals surface area (Å²) in [6.45, 7) is 8.41. The number of aliphatic imine (C=N–C) groups is 1. The zero-order chi connectivity index (χ0) is 19.1. The van der Waals surface area contributed by atoms with Crippen LogP contribution in [0.5, 0.6) is 0 Å². The van der Waals surface area contributed by atoms with Crippen molar-refractivity contribution in [2.24, 2.45) is 18.0 Å². The Morgan fingerprint density at radius 2 is 2.07 bits per heavy atom. The minimum absolute atomic E-state index is 0. The fourth-order valence-corrected chi connectivity index (χ4v) is 4.03. The average Bonchev–Trinajstić information content (AvgIpc) is 3.10. The molecule has 0 bridgehead atoms. The maximum absolute atomic E-state index is 4.90. The molecular weight excluding hydrogens is 461 g/mol. The molecule has 0 spiro atoms. The minimum Gasteiger partial charge on any atom is -0.357 e. The quantitative estimate of drug-likeness (QED) is 0.285. The van der Waals surface area contributed by atoms with Crippen LogP contribution in [0.1, 0.15) is 43.7 Å². The van der Waals surface area contributed by atoms with Crippen LogP contribution in [0, 0.1) is 5.92 Å². The lowest BCUT2D eigenvalue weighted by Crippen LogP contribution is -2.48. The van der Waals surface area contributed by atoms with Crippen LogP contribution in [-0.4, -0.2) is 46.8 Å². The lowest BCUT2D eigenvalue weighted by atomic mass is 9.82. The second-order valence-corrected chi connectivity index (χ2v) is 7.59. The highest BCUT2D eigenvalue weighted by molar-refractivity contribution is 14.0. The van der Waals surface area contributed by atoms with Gasteiger partial charge in [-0.25, -0.2) is 0 Å². The van der Waals surface area contributed by atoms with E-state index in [9.17, 15) is 0 Å². The van der Waals surface area contributed by atoms with Crippen LogP contribution in [0.4, 0.5) is 0 Å². The lowest BCUT2D eigenvalue weighted by Gasteiger charge is -2.39. The lowest BCUT2D eigenvalue weighted by molar-refractivity contribution is 0.234. The molecule has 2 atom stereocenters. The number of nitrogens with zero attached hydrogens (tertiary/aromatic N) is 4. The predicted octanol–water partition coefficient (Wildman–Crippen LogP) is 4.06. The molecule has 0 amide bonds. The molecule has 1 aromatic carbocycles. The van der Waals surface area contributed by atoms with Crippen molar-refractivity contribution >= 4 is 29.9 Å². The first-order chi connectivity index (χ1) is 13.2. The Balaban J connectivity index is 0.00000280. The molecule has 1 aromatic heterocycles. The third kappa shape index (κ3) is 6.22. The first-order valence-corrected chi connectivity index (χ1v) is 10.2. The topological polar surface area (TPSA) is 45.5 Å². The number of benzene rings is 1. The average molecular weight is 495 g/mol. The molecule has 0 saturated carbocycles. The number of likely N-dealkylation sites (tertiary alicyclic amines) is 1. The SMILES string of the molecule is CCNC(=NCCCc1cnn(C)c1)N1CCC(c2ccccc2)C(C)C1.I. The maximum atomic E-state index is 4.90. The van der Waals surface area contributed by atoms with Gasteiger partial charge in [-0.05, 0) is 49.1 Å². The molecule has 3 rings (SSSR count). The van der Waals surface area contributed by atoms with E-state index in [-0.39, 0.29) is 24.0 Å². The highest BCUT2D eigenvalue weighted by Crippen LogP contribution is 2.32. The number of guanidine groups is 1. The summed E-state index contributed by atoms with van der Waals surface area (Å²) in [7, 11) is 1.96. The molecule has 0 aliphatic carbocycles. The van der Waals surface area contributed by atoms with Crippen LogP contribution in [0.3, 0.4) is 0 Å². The third-order valence-corrected chi connectivity index (χ3v) is 5.41. The highest BCUT2D eigenvalue weighted by Gasteiger charge is 2.28. The van der Waals surface area contributed by atoms with Crippen molar-refractivity contribution in [1.29, 1.82) is 0 Å². The van der Waals surface area contributed by atoms with Gasteiger partial charge in [0.2, 0.25) is 0 Å². The molecule has 1 N–H and O–H groups in total. The molecule has 28 heavy (non-hydrogen) atoms. The van der Waals surface area contributed by atoms with E-state index < -0.39 is 0 Å². The van der Waals surface area contributed by atoms with Gasteiger partial charge in [0.05, 0.1) is 6.20 Å². The van der Waals surface area contributed by atoms with Crippen LogP contribution in [0.2, 0.25) is 0 Å². The van der Waals surface area contributed by atoms with E-state index in [0.717, 1.165) is 45.0 Å². The molecule has 5 nitrogen and oxygen atoms in total. The van der Waals surface area contributed by atoms with Gasteiger partial charge in [0.1, 0.15) is 0 Å². The number of aromatic nitrogens is 2. The molecule has 154 valence electrons. The first kappa shape index (κ1) is 22.7. The second kappa shape index (κ2) is 11.4. The van der Waals surface area contributed by atoms with Crippen LogP contribution >= 0.6 is 24.0 Å². The fourth-order valence-electron chi connectivity index (χ4n) is 4.03. The highest BCUT2D eigenvalue weighted by atomic mass is 127. The van der Waals surface area contributed by atoms with E-state index in [1.807, 2.05) is 17.9 Å². The van der Waals surface area contributed by atoms with Gasteiger partial charge >= 0.3 is 0 Å².